The third-order valence-corrected chi connectivity index (χ3v) is 6.21. The van der Waals surface area contributed by atoms with Crippen LogP contribution in [0.25, 0.3) is 0 Å². The van der Waals surface area contributed by atoms with Crippen LogP contribution in [0.4, 0.5) is 0 Å². The van der Waals surface area contributed by atoms with Gasteiger partial charge in [-0.15, -0.1) is 23.4 Å². The third-order valence-electron chi connectivity index (χ3n) is 4.31. The second-order valence-corrected chi connectivity index (χ2v) is 7.71. The highest BCUT2D eigenvalue weighted by atomic mass is 35.5. The Bertz CT molecular complexity index is 590. The van der Waals surface area contributed by atoms with E-state index in [1.54, 1.807) is 0 Å². The fourth-order valence-electron chi connectivity index (χ4n) is 2.92. The van der Waals surface area contributed by atoms with Crippen molar-refractivity contribution >= 4 is 29.3 Å². The molecular formula is C19H22ClNOS. The van der Waals surface area contributed by atoms with Gasteiger partial charge in [-0.1, -0.05) is 36.4 Å². The molecule has 0 N–H and O–H groups in total. The highest BCUT2D eigenvalue weighted by Crippen LogP contribution is 2.27. The molecule has 1 heterocycles. The highest BCUT2D eigenvalue weighted by Gasteiger charge is 2.19. The molecule has 2 unspecified atom stereocenters. The molecule has 1 saturated heterocycles. The van der Waals surface area contributed by atoms with E-state index in [1.807, 2.05) is 40.9 Å². The van der Waals surface area contributed by atoms with Crippen molar-refractivity contribution in [1.29, 1.82) is 0 Å². The maximum absolute atomic E-state index is 12.4. The molecular weight excluding hydrogens is 326 g/mol. The molecule has 23 heavy (non-hydrogen) atoms. The molecule has 1 aromatic rings. The zero-order valence-corrected chi connectivity index (χ0v) is 14.7. The second kappa shape index (κ2) is 8.07. The maximum Gasteiger partial charge on any atom is 0.253 e. The van der Waals surface area contributed by atoms with Gasteiger partial charge in [0.05, 0.1) is 5.38 Å². The van der Waals surface area contributed by atoms with Crippen LogP contribution in [0, 0.1) is 0 Å². The van der Waals surface area contributed by atoms with E-state index < -0.39 is 0 Å². The smallest absolute Gasteiger partial charge is 0.253 e. The van der Waals surface area contributed by atoms with Crippen molar-refractivity contribution in [2.24, 2.45) is 0 Å². The van der Waals surface area contributed by atoms with Gasteiger partial charge >= 0.3 is 0 Å². The van der Waals surface area contributed by atoms with E-state index >= 15 is 0 Å². The van der Waals surface area contributed by atoms with Crippen LogP contribution < -0.4 is 0 Å². The molecule has 1 fully saturated rings. The molecule has 4 heteroatoms. The monoisotopic (exact) mass is 347 g/mol. The van der Waals surface area contributed by atoms with Gasteiger partial charge in [0.2, 0.25) is 0 Å². The summed E-state index contributed by atoms with van der Waals surface area (Å²) in [6.07, 6.45) is 11.7. The molecule has 2 nitrogen and oxygen atoms in total. The zero-order valence-electron chi connectivity index (χ0n) is 13.2. The predicted molar refractivity (Wildman–Crippen MR) is 99.2 cm³/mol. The molecule has 3 rings (SSSR count). The number of allylic oxidation sites excluding steroid dienone is 3. The number of carbonyl (C=O) groups is 1. The SMILES string of the molecule is O=C(c1ccc(CSC2C=CC=CC2Cl)cc1)N1CCCCC1. The summed E-state index contributed by atoms with van der Waals surface area (Å²) in [5.41, 5.74) is 2.04. The average molecular weight is 348 g/mol. The van der Waals surface area contributed by atoms with Crippen molar-refractivity contribution in [3.8, 4) is 0 Å². The lowest BCUT2D eigenvalue weighted by Gasteiger charge is -2.26. The first kappa shape index (κ1) is 16.7. The quantitative estimate of drug-likeness (QED) is 0.739. The number of carbonyl (C=O) groups excluding carboxylic acids is 1. The minimum atomic E-state index is 0.0601. The lowest BCUT2D eigenvalue weighted by Crippen LogP contribution is -2.35. The first-order valence-corrected chi connectivity index (χ1v) is 9.71. The normalized spacial score (nSPS) is 24.0. The van der Waals surface area contributed by atoms with Crippen molar-refractivity contribution in [2.45, 2.75) is 35.6 Å². The maximum atomic E-state index is 12.4. The van der Waals surface area contributed by atoms with Crippen molar-refractivity contribution in [2.75, 3.05) is 13.1 Å². The summed E-state index contributed by atoms with van der Waals surface area (Å²) in [6.45, 7) is 1.80. The summed E-state index contributed by atoms with van der Waals surface area (Å²) in [7, 11) is 0. The number of nitrogens with zero attached hydrogens (tertiary/aromatic N) is 1. The van der Waals surface area contributed by atoms with Crippen LogP contribution in [-0.2, 0) is 5.75 Å². The molecule has 0 bridgehead atoms. The van der Waals surface area contributed by atoms with Gasteiger partial charge in [-0.3, -0.25) is 4.79 Å². The van der Waals surface area contributed by atoms with Crippen molar-refractivity contribution in [3.63, 3.8) is 0 Å². The second-order valence-electron chi connectivity index (χ2n) is 6.04. The zero-order chi connectivity index (χ0) is 16.1. The average Bonchev–Trinajstić information content (AvgIpc) is 2.62. The number of halogens is 1. The van der Waals surface area contributed by atoms with Crippen molar-refractivity contribution in [3.05, 3.63) is 59.7 Å². The van der Waals surface area contributed by atoms with E-state index in [4.69, 9.17) is 11.6 Å². The molecule has 1 aliphatic carbocycles. The fraction of sp³-hybridized carbons (Fsp3) is 0.421. The topological polar surface area (TPSA) is 20.3 Å². The summed E-state index contributed by atoms with van der Waals surface area (Å²) in [6, 6.07) is 8.05. The lowest BCUT2D eigenvalue weighted by atomic mass is 10.1. The summed E-state index contributed by atoms with van der Waals surface area (Å²) >= 11 is 8.13. The molecule has 1 aromatic carbocycles. The van der Waals surface area contributed by atoms with Crippen molar-refractivity contribution < 1.29 is 4.79 Å². The van der Waals surface area contributed by atoms with Gasteiger partial charge in [-0.05, 0) is 37.0 Å². The number of thioether (sulfide) groups is 1. The molecule has 0 spiro atoms. The molecule has 2 aliphatic rings. The summed E-state index contributed by atoms with van der Waals surface area (Å²) in [4.78, 5) is 14.4. The van der Waals surface area contributed by atoms with Crippen LogP contribution in [-0.4, -0.2) is 34.5 Å². The van der Waals surface area contributed by atoms with Crippen LogP contribution in [0.2, 0.25) is 0 Å². The first-order chi connectivity index (χ1) is 11.2. The summed E-state index contributed by atoms with van der Waals surface area (Å²) in [5, 5.41) is 0.376. The highest BCUT2D eigenvalue weighted by molar-refractivity contribution is 7.99. The number of benzene rings is 1. The van der Waals surface area contributed by atoms with E-state index in [-0.39, 0.29) is 11.3 Å². The number of hydrogen-bond acceptors (Lipinski definition) is 2. The van der Waals surface area contributed by atoms with Crippen LogP contribution in [0.5, 0.6) is 0 Å². The number of hydrogen-bond donors (Lipinski definition) is 0. The van der Waals surface area contributed by atoms with Gasteiger partial charge < -0.3 is 4.90 Å². The predicted octanol–water partition coefficient (Wildman–Crippen LogP) is 4.65. The molecule has 1 amide bonds. The van der Waals surface area contributed by atoms with Crippen LogP contribution >= 0.6 is 23.4 Å². The third kappa shape index (κ3) is 4.42. The number of alkyl halides is 1. The molecule has 1 aliphatic heterocycles. The Kier molecular flexibility index (Phi) is 5.85. The number of piperidine rings is 1. The minimum absolute atomic E-state index is 0.0601. The molecule has 122 valence electrons. The first-order valence-electron chi connectivity index (χ1n) is 8.23. The largest absolute Gasteiger partial charge is 0.339 e. The summed E-state index contributed by atoms with van der Waals surface area (Å²) in [5.74, 6) is 1.08. The Labute approximate surface area is 147 Å². The van der Waals surface area contributed by atoms with E-state index in [0.717, 1.165) is 37.2 Å². The van der Waals surface area contributed by atoms with Gasteiger partial charge in [0.1, 0.15) is 0 Å². The van der Waals surface area contributed by atoms with Gasteiger partial charge in [0, 0.05) is 29.7 Å². The van der Waals surface area contributed by atoms with Gasteiger partial charge in [-0.2, -0.15) is 0 Å². The Morgan fingerprint density at radius 3 is 2.48 bits per heavy atom. The summed E-state index contributed by atoms with van der Waals surface area (Å²) < 4.78 is 0. The standard InChI is InChI=1S/C19H22ClNOS/c20-17-6-2-3-7-18(17)23-14-15-8-10-16(11-9-15)19(22)21-12-4-1-5-13-21/h2-3,6-11,17-18H,1,4-5,12-14H2. The number of amides is 1. The Balaban J connectivity index is 1.55. The molecule has 0 radical (unpaired) electrons. The molecule has 0 saturated carbocycles. The Morgan fingerprint density at radius 1 is 1.09 bits per heavy atom. The molecule has 2 atom stereocenters. The fourth-order valence-corrected chi connectivity index (χ4v) is 4.36. The van der Waals surface area contributed by atoms with E-state index in [9.17, 15) is 4.79 Å². The Morgan fingerprint density at radius 2 is 1.78 bits per heavy atom. The van der Waals surface area contributed by atoms with E-state index in [1.165, 1.54) is 12.0 Å². The van der Waals surface area contributed by atoms with Gasteiger partial charge in [0.25, 0.3) is 5.91 Å². The van der Waals surface area contributed by atoms with Crippen LogP contribution in [0.15, 0.2) is 48.6 Å². The molecule has 0 aromatic heterocycles. The van der Waals surface area contributed by atoms with Crippen LogP contribution in [0.3, 0.4) is 0 Å². The minimum Gasteiger partial charge on any atom is -0.339 e. The van der Waals surface area contributed by atoms with E-state index in [2.05, 4.69) is 24.3 Å². The van der Waals surface area contributed by atoms with E-state index in [0.29, 0.717) is 5.25 Å². The van der Waals surface area contributed by atoms with Gasteiger partial charge in [-0.25, -0.2) is 0 Å². The lowest BCUT2D eigenvalue weighted by molar-refractivity contribution is 0.0724. The van der Waals surface area contributed by atoms with Crippen LogP contribution in [0.1, 0.15) is 35.2 Å². The number of rotatable bonds is 4. The van der Waals surface area contributed by atoms with Gasteiger partial charge in [0.15, 0.2) is 0 Å². The number of likely N-dealkylation sites (tertiary alicyclic amines) is 1. The Hall–Kier alpha value is -1.19. The van der Waals surface area contributed by atoms with Crippen molar-refractivity contribution in [1.82, 2.24) is 4.90 Å².